The summed E-state index contributed by atoms with van der Waals surface area (Å²) in [7, 11) is 0. The smallest absolute Gasteiger partial charge is 0.416 e. The fraction of sp³-hybridized carbons (Fsp3) is 0.267. The summed E-state index contributed by atoms with van der Waals surface area (Å²) < 4.78 is 50.1. The topological polar surface area (TPSA) is 42.9 Å². The number of ether oxygens (including phenoxy) is 2. The zero-order chi connectivity index (χ0) is 15.3. The second kappa shape index (κ2) is 4.53. The molecule has 2 atom stereocenters. The third-order valence-corrected chi connectivity index (χ3v) is 3.91. The van der Waals surface area contributed by atoms with Crippen LogP contribution in [0.2, 0.25) is 0 Å². The van der Waals surface area contributed by atoms with Gasteiger partial charge >= 0.3 is 6.18 Å². The Hall–Kier alpha value is -2.44. The van der Waals surface area contributed by atoms with Gasteiger partial charge in [-0.05, 0) is 23.8 Å². The molecule has 0 saturated carbocycles. The first-order valence-electron chi connectivity index (χ1n) is 6.72. The molecule has 4 nitrogen and oxygen atoms in total. The van der Waals surface area contributed by atoms with Gasteiger partial charge in [-0.2, -0.15) is 18.3 Å². The Balaban J connectivity index is 1.85. The molecule has 0 bridgehead atoms. The van der Waals surface area contributed by atoms with Gasteiger partial charge in [-0.1, -0.05) is 12.1 Å². The van der Waals surface area contributed by atoms with E-state index in [9.17, 15) is 13.2 Å². The maximum Gasteiger partial charge on any atom is 0.416 e. The molecular formula is C15H11F3N2O2. The minimum absolute atomic E-state index is 0.0715. The maximum absolute atomic E-state index is 13.1. The molecule has 0 spiro atoms. The molecule has 2 heterocycles. The van der Waals surface area contributed by atoms with Gasteiger partial charge in [0.2, 0.25) is 6.79 Å². The first-order chi connectivity index (χ1) is 10.5. The van der Waals surface area contributed by atoms with E-state index in [2.05, 4.69) is 10.5 Å². The molecule has 3 aliphatic rings. The Morgan fingerprint density at radius 1 is 1.23 bits per heavy atom. The molecule has 2 aliphatic heterocycles. The van der Waals surface area contributed by atoms with E-state index in [0.717, 1.165) is 6.08 Å². The zero-order valence-corrected chi connectivity index (χ0v) is 11.2. The van der Waals surface area contributed by atoms with Crippen molar-refractivity contribution in [2.45, 2.75) is 12.2 Å². The number of halogens is 3. The van der Waals surface area contributed by atoms with Gasteiger partial charge in [0.25, 0.3) is 0 Å². The number of hydrazone groups is 1. The van der Waals surface area contributed by atoms with Crippen molar-refractivity contribution >= 4 is 11.8 Å². The number of benzene rings is 1. The maximum atomic E-state index is 13.1. The van der Waals surface area contributed by atoms with Crippen LogP contribution in [0.3, 0.4) is 0 Å². The van der Waals surface area contributed by atoms with Crippen molar-refractivity contribution in [1.29, 1.82) is 0 Å². The molecule has 2 unspecified atom stereocenters. The Kier molecular flexibility index (Phi) is 2.72. The predicted octanol–water partition coefficient (Wildman–Crippen LogP) is 2.87. The average molecular weight is 308 g/mol. The Morgan fingerprint density at radius 2 is 2.09 bits per heavy atom. The lowest BCUT2D eigenvalue weighted by atomic mass is 9.82. The van der Waals surface area contributed by atoms with E-state index >= 15 is 0 Å². The van der Waals surface area contributed by atoms with Gasteiger partial charge in [0.15, 0.2) is 11.5 Å². The third kappa shape index (κ3) is 1.96. The van der Waals surface area contributed by atoms with Crippen LogP contribution in [0.4, 0.5) is 13.2 Å². The highest BCUT2D eigenvalue weighted by Gasteiger charge is 2.40. The summed E-state index contributed by atoms with van der Waals surface area (Å²) in [5.74, 6) is 0.763. The molecule has 1 aromatic rings. The number of allylic oxidation sites excluding steroid dienone is 2. The van der Waals surface area contributed by atoms with Crippen LogP contribution in [-0.2, 0) is 0 Å². The highest BCUT2D eigenvalue weighted by molar-refractivity contribution is 5.90. The molecule has 0 fully saturated rings. The molecule has 22 heavy (non-hydrogen) atoms. The van der Waals surface area contributed by atoms with Gasteiger partial charge < -0.3 is 14.9 Å². The van der Waals surface area contributed by atoms with Crippen LogP contribution in [0.1, 0.15) is 5.56 Å². The van der Waals surface area contributed by atoms with Crippen molar-refractivity contribution < 1.29 is 22.6 Å². The number of hydrogen-bond acceptors (Lipinski definition) is 4. The number of alkyl halides is 3. The Labute approximate surface area is 123 Å². The summed E-state index contributed by atoms with van der Waals surface area (Å²) in [5.41, 5.74) is 3.16. The average Bonchev–Trinajstić information content (AvgIpc) is 3.13. The number of nitrogens with zero attached hydrogens (tertiary/aromatic N) is 1. The Morgan fingerprint density at radius 3 is 2.91 bits per heavy atom. The van der Waals surface area contributed by atoms with Gasteiger partial charge in [0.05, 0.1) is 11.6 Å². The Bertz CT molecular complexity index is 722. The molecule has 0 saturated heterocycles. The highest BCUT2D eigenvalue weighted by Crippen LogP contribution is 2.45. The molecule has 1 aromatic carbocycles. The molecule has 0 radical (unpaired) electrons. The van der Waals surface area contributed by atoms with Crippen LogP contribution >= 0.6 is 0 Å². The van der Waals surface area contributed by atoms with Crippen molar-refractivity contribution in [2.24, 2.45) is 11.0 Å². The summed E-state index contributed by atoms with van der Waals surface area (Å²) in [6.07, 6.45) is -0.454. The molecule has 114 valence electrons. The van der Waals surface area contributed by atoms with Crippen molar-refractivity contribution in [3.05, 3.63) is 41.5 Å². The summed E-state index contributed by atoms with van der Waals surface area (Å²) in [6, 6.07) is 4.70. The van der Waals surface area contributed by atoms with E-state index in [-0.39, 0.29) is 12.7 Å². The molecule has 0 aromatic heterocycles. The van der Waals surface area contributed by atoms with Crippen molar-refractivity contribution in [3.8, 4) is 11.5 Å². The summed E-state index contributed by atoms with van der Waals surface area (Å²) in [5, 5.41) is 3.91. The number of para-hydroxylation sites is 1. The molecule has 0 amide bonds. The van der Waals surface area contributed by atoms with Crippen LogP contribution in [0.15, 0.2) is 41.0 Å². The van der Waals surface area contributed by atoms with E-state index in [1.807, 2.05) is 0 Å². The van der Waals surface area contributed by atoms with Crippen LogP contribution in [0, 0.1) is 5.92 Å². The van der Waals surface area contributed by atoms with Crippen LogP contribution in [-0.4, -0.2) is 25.2 Å². The second-order valence-electron chi connectivity index (χ2n) is 5.22. The number of fused-ring (bicyclic) bond motifs is 2. The number of rotatable bonds is 1. The van der Waals surface area contributed by atoms with Gasteiger partial charge in [-0.25, -0.2) is 0 Å². The van der Waals surface area contributed by atoms with Crippen molar-refractivity contribution in [3.63, 3.8) is 0 Å². The second-order valence-corrected chi connectivity index (χ2v) is 5.22. The van der Waals surface area contributed by atoms with Crippen LogP contribution in [0.5, 0.6) is 11.5 Å². The highest BCUT2D eigenvalue weighted by atomic mass is 19.4. The first kappa shape index (κ1) is 13.2. The number of nitrogens with one attached hydrogen (secondary N) is 1. The van der Waals surface area contributed by atoms with Crippen molar-refractivity contribution in [2.75, 3.05) is 6.79 Å². The monoisotopic (exact) mass is 308 g/mol. The molecule has 1 aliphatic carbocycles. The minimum Gasteiger partial charge on any atom is -0.454 e. The third-order valence-electron chi connectivity index (χ3n) is 3.91. The molecule has 7 heteroatoms. The SMILES string of the molecule is FC(F)(F)C1=CC2NN=CC2C(c2cccc3c2OCO3)=C1. The van der Waals surface area contributed by atoms with E-state index in [0.29, 0.717) is 22.6 Å². The fourth-order valence-electron chi connectivity index (χ4n) is 2.89. The lowest BCUT2D eigenvalue weighted by Gasteiger charge is -2.26. The van der Waals surface area contributed by atoms with E-state index in [4.69, 9.17) is 9.47 Å². The van der Waals surface area contributed by atoms with Gasteiger partial charge in [0, 0.05) is 17.7 Å². The van der Waals surface area contributed by atoms with Crippen LogP contribution < -0.4 is 14.9 Å². The lowest BCUT2D eigenvalue weighted by molar-refractivity contribution is -0.0887. The number of hydrogen-bond donors (Lipinski definition) is 1. The largest absolute Gasteiger partial charge is 0.454 e. The fourth-order valence-corrected chi connectivity index (χ4v) is 2.89. The summed E-state index contributed by atoms with van der Waals surface area (Å²) in [4.78, 5) is 0. The van der Waals surface area contributed by atoms with E-state index in [1.165, 1.54) is 6.08 Å². The van der Waals surface area contributed by atoms with Crippen LogP contribution in [0.25, 0.3) is 5.57 Å². The minimum atomic E-state index is -4.41. The van der Waals surface area contributed by atoms with Gasteiger partial charge in [-0.15, -0.1) is 0 Å². The lowest BCUT2D eigenvalue weighted by Crippen LogP contribution is -2.31. The zero-order valence-electron chi connectivity index (χ0n) is 11.2. The standard InChI is InChI=1S/C15H11F3N2O2/c16-15(17,18)8-4-10(11-6-19-20-12(11)5-8)9-2-1-3-13-14(9)22-7-21-13/h1-6,11-12,20H,7H2. The van der Waals surface area contributed by atoms with E-state index in [1.54, 1.807) is 24.4 Å². The molecule has 4 rings (SSSR count). The summed E-state index contributed by atoms with van der Waals surface area (Å²) in [6.45, 7) is 0.0715. The normalized spacial score (nSPS) is 25.4. The molecule has 1 N–H and O–H groups in total. The predicted molar refractivity (Wildman–Crippen MR) is 73.6 cm³/mol. The van der Waals surface area contributed by atoms with E-state index < -0.39 is 17.8 Å². The van der Waals surface area contributed by atoms with Gasteiger partial charge in [-0.3, -0.25) is 0 Å². The molecular weight excluding hydrogens is 297 g/mol. The quantitative estimate of drug-likeness (QED) is 0.867. The summed E-state index contributed by atoms with van der Waals surface area (Å²) >= 11 is 0. The first-order valence-corrected chi connectivity index (χ1v) is 6.72. The van der Waals surface area contributed by atoms with Crippen molar-refractivity contribution in [1.82, 2.24) is 5.43 Å². The van der Waals surface area contributed by atoms with Gasteiger partial charge in [0.1, 0.15) is 0 Å².